The van der Waals surface area contributed by atoms with Crippen molar-refractivity contribution in [2.75, 3.05) is 13.2 Å². The number of rotatable bonds is 5. The molecular formula is C10H15NO6S. The van der Waals surface area contributed by atoms with Gasteiger partial charge in [0, 0.05) is 12.4 Å². The molecule has 0 spiro atoms. The molecule has 7 nitrogen and oxygen atoms in total. The van der Waals surface area contributed by atoms with Crippen molar-refractivity contribution in [2.24, 2.45) is 0 Å². The lowest BCUT2D eigenvalue weighted by molar-refractivity contribution is 0.0696. The predicted octanol–water partition coefficient (Wildman–Crippen LogP) is 1.08. The molecule has 0 saturated heterocycles. The van der Waals surface area contributed by atoms with Gasteiger partial charge in [-0.15, -0.1) is 0 Å². The van der Waals surface area contributed by atoms with Gasteiger partial charge in [-0.05, 0) is 26.0 Å². The fraction of sp³-hybridized carbons (Fsp3) is 0.400. The van der Waals surface area contributed by atoms with Crippen molar-refractivity contribution >= 4 is 16.4 Å². The Labute approximate surface area is 106 Å². The minimum absolute atomic E-state index is 0.113. The lowest BCUT2D eigenvalue weighted by Crippen LogP contribution is -2.09. The molecule has 102 valence electrons. The van der Waals surface area contributed by atoms with Crippen molar-refractivity contribution in [3.63, 3.8) is 0 Å². The Hall–Kier alpha value is -1.51. The largest absolute Gasteiger partial charge is 0.478 e. The van der Waals surface area contributed by atoms with E-state index in [1.807, 2.05) is 0 Å². The molecule has 0 radical (unpaired) electrons. The summed E-state index contributed by atoms with van der Waals surface area (Å²) in [7, 11) is -3.68. The van der Waals surface area contributed by atoms with Gasteiger partial charge in [0.1, 0.15) is 0 Å². The Balaban J connectivity index is 0.000000321. The zero-order chi connectivity index (χ0) is 14.0. The molecule has 1 heterocycles. The van der Waals surface area contributed by atoms with Crippen LogP contribution in [0.4, 0.5) is 0 Å². The molecular weight excluding hydrogens is 262 g/mol. The van der Waals surface area contributed by atoms with Crippen LogP contribution in [-0.4, -0.2) is 37.7 Å². The number of carbonyl (C=O) groups is 1. The van der Waals surface area contributed by atoms with Crippen LogP contribution in [0.3, 0.4) is 0 Å². The monoisotopic (exact) mass is 277 g/mol. The van der Waals surface area contributed by atoms with Gasteiger partial charge >= 0.3 is 16.4 Å². The topological polar surface area (TPSA) is 103 Å². The van der Waals surface area contributed by atoms with Crippen molar-refractivity contribution in [3.8, 4) is 0 Å². The van der Waals surface area contributed by atoms with Crippen molar-refractivity contribution in [1.82, 2.24) is 4.98 Å². The molecule has 8 heteroatoms. The van der Waals surface area contributed by atoms with Gasteiger partial charge in [-0.25, -0.2) is 13.2 Å². The number of aromatic carboxylic acids is 1. The molecule has 0 aliphatic rings. The molecule has 1 aromatic heterocycles. The van der Waals surface area contributed by atoms with Crippen LogP contribution in [0, 0.1) is 0 Å². The molecule has 0 saturated carbocycles. The van der Waals surface area contributed by atoms with Crippen LogP contribution in [-0.2, 0) is 18.8 Å². The number of pyridine rings is 1. The molecule has 18 heavy (non-hydrogen) atoms. The summed E-state index contributed by atoms with van der Waals surface area (Å²) in [5.41, 5.74) is 0.220. The van der Waals surface area contributed by atoms with Crippen molar-refractivity contribution in [2.45, 2.75) is 13.8 Å². The van der Waals surface area contributed by atoms with Crippen molar-refractivity contribution in [3.05, 3.63) is 30.1 Å². The minimum atomic E-state index is -3.68. The fourth-order valence-corrected chi connectivity index (χ4v) is 1.46. The van der Waals surface area contributed by atoms with Crippen LogP contribution < -0.4 is 0 Å². The Morgan fingerprint density at radius 1 is 1.33 bits per heavy atom. The summed E-state index contributed by atoms with van der Waals surface area (Å²) in [6, 6.07) is 3.08. The van der Waals surface area contributed by atoms with E-state index in [0.717, 1.165) is 0 Å². The smallest absolute Gasteiger partial charge is 0.399 e. The van der Waals surface area contributed by atoms with E-state index in [1.54, 1.807) is 19.9 Å². The molecule has 1 aromatic rings. The summed E-state index contributed by atoms with van der Waals surface area (Å²) < 4.78 is 29.2. The zero-order valence-corrected chi connectivity index (χ0v) is 10.9. The lowest BCUT2D eigenvalue weighted by atomic mass is 10.3. The molecule has 1 rings (SSSR count). The first-order valence-electron chi connectivity index (χ1n) is 5.10. The normalized spacial score (nSPS) is 10.3. The van der Waals surface area contributed by atoms with Gasteiger partial charge in [-0.1, -0.05) is 0 Å². The third-order valence-corrected chi connectivity index (χ3v) is 2.48. The highest BCUT2D eigenvalue weighted by Crippen LogP contribution is 1.93. The van der Waals surface area contributed by atoms with Crippen LogP contribution in [0.25, 0.3) is 0 Å². The van der Waals surface area contributed by atoms with Crippen LogP contribution in [0.1, 0.15) is 24.2 Å². The maximum atomic E-state index is 10.4. The van der Waals surface area contributed by atoms with Gasteiger partial charge in [-0.3, -0.25) is 4.98 Å². The first-order chi connectivity index (χ1) is 8.43. The first-order valence-corrected chi connectivity index (χ1v) is 6.43. The molecule has 0 atom stereocenters. The van der Waals surface area contributed by atoms with Gasteiger partial charge < -0.3 is 5.11 Å². The van der Waals surface area contributed by atoms with Crippen LogP contribution in [0.5, 0.6) is 0 Å². The molecule has 0 aliphatic heterocycles. The first kappa shape index (κ1) is 16.5. The maximum absolute atomic E-state index is 10.4. The molecule has 0 aromatic carbocycles. The third kappa shape index (κ3) is 7.71. The Morgan fingerprint density at radius 3 is 2.17 bits per heavy atom. The minimum Gasteiger partial charge on any atom is -0.478 e. The quantitative estimate of drug-likeness (QED) is 0.859. The SMILES string of the molecule is CCOS(=O)(=O)OCC.O=C(O)c1cccnc1. The molecule has 0 amide bonds. The number of hydrogen-bond donors (Lipinski definition) is 1. The summed E-state index contributed by atoms with van der Waals surface area (Å²) in [6.45, 7) is 3.39. The summed E-state index contributed by atoms with van der Waals surface area (Å²) in [5.74, 6) is -0.942. The molecule has 0 aliphatic carbocycles. The summed E-state index contributed by atoms with van der Waals surface area (Å²) >= 11 is 0. The molecule has 0 unspecified atom stereocenters. The predicted molar refractivity (Wildman–Crippen MR) is 63.4 cm³/mol. The molecule has 0 bridgehead atoms. The van der Waals surface area contributed by atoms with Crippen molar-refractivity contribution < 1.29 is 26.7 Å². The lowest BCUT2D eigenvalue weighted by Gasteiger charge is -1.99. The van der Waals surface area contributed by atoms with Gasteiger partial charge in [0.05, 0.1) is 18.8 Å². The summed E-state index contributed by atoms with van der Waals surface area (Å²) in [5, 5.41) is 8.34. The second-order valence-electron chi connectivity index (χ2n) is 2.77. The number of carboxylic acid groups (broad SMARTS) is 1. The van der Waals surface area contributed by atoms with Crippen molar-refractivity contribution in [1.29, 1.82) is 0 Å². The maximum Gasteiger partial charge on any atom is 0.399 e. The highest BCUT2D eigenvalue weighted by Gasteiger charge is 2.06. The summed E-state index contributed by atoms with van der Waals surface area (Å²) in [6.07, 6.45) is 2.84. The van der Waals surface area contributed by atoms with Crippen LogP contribution in [0.2, 0.25) is 0 Å². The van der Waals surface area contributed by atoms with E-state index < -0.39 is 16.4 Å². The Bertz CT molecular complexity index is 433. The molecule has 0 fully saturated rings. The number of hydrogen-bond acceptors (Lipinski definition) is 6. The fourth-order valence-electron chi connectivity index (χ4n) is 0.812. The molecule has 1 N–H and O–H groups in total. The second kappa shape index (κ2) is 8.56. The number of nitrogens with zero attached hydrogens (tertiary/aromatic N) is 1. The van der Waals surface area contributed by atoms with E-state index in [2.05, 4.69) is 13.4 Å². The van der Waals surface area contributed by atoms with Gasteiger partial charge in [0.2, 0.25) is 0 Å². The Morgan fingerprint density at radius 2 is 1.89 bits per heavy atom. The van der Waals surface area contributed by atoms with E-state index >= 15 is 0 Å². The number of carboxylic acids is 1. The van der Waals surface area contributed by atoms with Gasteiger partial charge in [0.15, 0.2) is 0 Å². The zero-order valence-electron chi connectivity index (χ0n) is 10.1. The van der Waals surface area contributed by atoms with Gasteiger partial charge in [-0.2, -0.15) is 8.42 Å². The standard InChI is InChI=1S/C6H5NO2.C4H10O4S/c8-6(9)5-2-1-3-7-4-5;1-3-7-9(5,6)8-4-2/h1-4H,(H,8,9);3-4H2,1-2H3. The average molecular weight is 277 g/mol. The van der Waals surface area contributed by atoms with E-state index in [0.29, 0.717) is 0 Å². The number of aromatic nitrogens is 1. The Kier molecular flexibility index (Phi) is 7.84. The van der Waals surface area contributed by atoms with Crippen LogP contribution in [0.15, 0.2) is 24.5 Å². The van der Waals surface area contributed by atoms with E-state index in [4.69, 9.17) is 5.11 Å². The third-order valence-electron chi connectivity index (χ3n) is 1.43. The van der Waals surface area contributed by atoms with E-state index in [-0.39, 0.29) is 18.8 Å². The van der Waals surface area contributed by atoms with E-state index in [9.17, 15) is 13.2 Å². The highest BCUT2D eigenvalue weighted by atomic mass is 32.3. The van der Waals surface area contributed by atoms with Crippen LogP contribution >= 0.6 is 0 Å². The van der Waals surface area contributed by atoms with E-state index in [1.165, 1.54) is 18.5 Å². The second-order valence-corrected chi connectivity index (χ2v) is 4.06. The summed E-state index contributed by atoms with van der Waals surface area (Å²) in [4.78, 5) is 13.8. The highest BCUT2D eigenvalue weighted by molar-refractivity contribution is 7.81. The van der Waals surface area contributed by atoms with Gasteiger partial charge in [0.25, 0.3) is 0 Å². The average Bonchev–Trinajstić information content (AvgIpc) is 2.30.